The maximum Gasteiger partial charge on any atom is 0.264 e. The third-order valence-electron chi connectivity index (χ3n) is 6.19. The Morgan fingerprint density at radius 2 is 1.59 bits per heavy atom. The first-order chi connectivity index (χ1) is 18.8. The van der Waals surface area contributed by atoms with Gasteiger partial charge in [-0.3, -0.25) is 13.9 Å². The van der Waals surface area contributed by atoms with Crippen LogP contribution >= 0.6 is 11.8 Å². The van der Waals surface area contributed by atoms with Crippen LogP contribution in [0.5, 0.6) is 5.75 Å². The SMILES string of the molecule is CCOc1ccccc1N(CC(=O)N(Cc1ccccc1)[C@@H](CC)C(=O)NC)S(=O)(=O)c1ccc(SC)cc1. The van der Waals surface area contributed by atoms with Gasteiger partial charge in [0.25, 0.3) is 10.0 Å². The highest BCUT2D eigenvalue weighted by Crippen LogP contribution is 2.33. The van der Waals surface area contributed by atoms with Gasteiger partial charge in [0.1, 0.15) is 18.3 Å². The first kappa shape index (κ1) is 30.0. The van der Waals surface area contributed by atoms with E-state index in [1.165, 1.54) is 35.8 Å². The van der Waals surface area contributed by atoms with Crippen LogP contribution in [0.2, 0.25) is 0 Å². The molecule has 0 unspecified atom stereocenters. The smallest absolute Gasteiger partial charge is 0.264 e. The fourth-order valence-electron chi connectivity index (χ4n) is 4.20. The lowest BCUT2D eigenvalue weighted by Gasteiger charge is -2.33. The Balaban J connectivity index is 2.10. The number of nitrogens with zero attached hydrogens (tertiary/aromatic N) is 2. The molecule has 1 atom stereocenters. The number of amides is 2. The van der Waals surface area contributed by atoms with Crippen molar-refractivity contribution in [1.82, 2.24) is 10.2 Å². The molecular formula is C29H35N3O5S2. The van der Waals surface area contributed by atoms with Crippen molar-refractivity contribution >= 4 is 39.3 Å². The highest BCUT2D eigenvalue weighted by molar-refractivity contribution is 7.98. The predicted octanol–water partition coefficient (Wildman–Crippen LogP) is 4.56. The van der Waals surface area contributed by atoms with Gasteiger partial charge in [0.05, 0.1) is 17.2 Å². The summed E-state index contributed by atoms with van der Waals surface area (Å²) in [5, 5.41) is 2.63. The van der Waals surface area contributed by atoms with Crippen LogP contribution in [0.3, 0.4) is 0 Å². The van der Waals surface area contributed by atoms with Crippen LogP contribution in [-0.2, 0) is 26.2 Å². The fraction of sp³-hybridized carbons (Fsp3) is 0.310. The molecule has 2 amide bonds. The molecule has 0 saturated carbocycles. The summed E-state index contributed by atoms with van der Waals surface area (Å²) >= 11 is 1.50. The number of hydrogen-bond donors (Lipinski definition) is 1. The van der Waals surface area contributed by atoms with E-state index in [1.54, 1.807) is 43.3 Å². The van der Waals surface area contributed by atoms with E-state index >= 15 is 0 Å². The summed E-state index contributed by atoms with van der Waals surface area (Å²) in [6.07, 6.45) is 2.27. The summed E-state index contributed by atoms with van der Waals surface area (Å²) in [6.45, 7) is 3.57. The zero-order valence-electron chi connectivity index (χ0n) is 22.7. The van der Waals surface area contributed by atoms with Gasteiger partial charge >= 0.3 is 0 Å². The predicted molar refractivity (Wildman–Crippen MR) is 156 cm³/mol. The number of nitrogens with one attached hydrogen (secondary N) is 1. The average molecular weight is 570 g/mol. The molecule has 39 heavy (non-hydrogen) atoms. The Morgan fingerprint density at radius 1 is 0.949 bits per heavy atom. The number of sulfonamides is 1. The average Bonchev–Trinajstić information content (AvgIpc) is 2.96. The van der Waals surface area contributed by atoms with Gasteiger partial charge in [0.15, 0.2) is 0 Å². The van der Waals surface area contributed by atoms with Crippen molar-refractivity contribution in [2.45, 2.75) is 42.6 Å². The quantitative estimate of drug-likeness (QED) is 0.303. The first-order valence-corrected chi connectivity index (χ1v) is 15.4. The van der Waals surface area contributed by atoms with Crippen LogP contribution in [0.25, 0.3) is 0 Å². The van der Waals surface area contributed by atoms with Crippen molar-refractivity contribution in [3.63, 3.8) is 0 Å². The minimum atomic E-state index is -4.18. The number of likely N-dealkylation sites (N-methyl/N-ethyl adjacent to an activating group) is 1. The van der Waals surface area contributed by atoms with Crippen molar-refractivity contribution in [3.8, 4) is 5.75 Å². The number of benzene rings is 3. The lowest BCUT2D eigenvalue weighted by Crippen LogP contribution is -2.51. The third-order valence-corrected chi connectivity index (χ3v) is 8.71. The Kier molecular flexibility index (Phi) is 10.8. The molecule has 0 fully saturated rings. The molecule has 0 aromatic heterocycles. The highest BCUT2D eigenvalue weighted by atomic mass is 32.2. The van der Waals surface area contributed by atoms with Crippen LogP contribution < -0.4 is 14.4 Å². The Bertz CT molecular complexity index is 1350. The topological polar surface area (TPSA) is 96.0 Å². The van der Waals surface area contributed by atoms with E-state index < -0.39 is 28.5 Å². The minimum Gasteiger partial charge on any atom is -0.492 e. The molecule has 10 heteroatoms. The van der Waals surface area contributed by atoms with Crippen molar-refractivity contribution in [3.05, 3.63) is 84.4 Å². The summed E-state index contributed by atoms with van der Waals surface area (Å²) in [5.74, 6) is -0.492. The molecule has 0 spiro atoms. The second-order valence-electron chi connectivity index (χ2n) is 8.63. The van der Waals surface area contributed by atoms with E-state index in [0.717, 1.165) is 14.8 Å². The van der Waals surface area contributed by atoms with Gasteiger partial charge in [-0.1, -0.05) is 49.4 Å². The second kappa shape index (κ2) is 14.0. The maximum absolute atomic E-state index is 14.0. The molecule has 208 valence electrons. The van der Waals surface area contributed by atoms with Crippen LogP contribution in [0.1, 0.15) is 25.8 Å². The largest absolute Gasteiger partial charge is 0.492 e. The first-order valence-electron chi connectivity index (χ1n) is 12.7. The Hall–Kier alpha value is -3.50. The highest BCUT2D eigenvalue weighted by Gasteiger charge is 2.34. The number of rotatable bonds is 13. The van der Waals surface area contributed by atoms with Crippen LogP contribution in [0.15, 0.2) is 88.7 Å². The number of carbonyl (C=O) groups excluding carboxylic acids is 2. The van der Waals surface area contributed by atoms with Crippen molar-refractivity contribution in [1.29, 1.82) is 0 Å². The van der Waals surface area contributed by atoms with Crippen molar-refractivity contribution in [2.24, 2.45) is 0 Å². The van der Waals surface area contributed by atoms with Gasteiger partial charge in [0.2, 0.25) is 11.8 Å². The van der Waals surface area contributed by atoms with Gasteiger partial charge in [0, 0.05) is 18.5 Å². The Labute approximate surface area is 235 Å². The van der Waals surface area contributed by atoms with Crippen LogP contribution in [0.4, 0.5) is 5.69 Å². The minimum absolute atomic E-state index is 0.0485. The lowest BCUT2D eigenvalue weighted by atomic mass is 10.1. The summed E-state index contributed by atoms with van der Waals surface area (Å²) in [5.41, 5.74) is 1.07. The molecule has 3 aromatic carbocycles. The van der Waals surface area contributed by atoms with Crippen molar-refractivity contribution in [2.75, 3.05) is 30.8 Å². The lowest BCUT2D eigenvalue weighted by molar-refractivity contribution is -0.140. The Morgan fingerprint density at radius 3 is 2.18 bits per heavy atom. The molecule has 0 saturated heterocycles. The number of hydrogen-bond acceptors (Lipinski definition) is 6. The molecule has 0 aliphatic carbocycles. The number of carbonyl (C=O) groups is 2. The molecule has 0 bridgehead atoms. The van der Waals surface area contributed by atoms with E-state index in [0.29, 0.717) is 18.8 Å². The molecule has 3 aromatic rings. The van der Waals surface area contributed by atoms with Gasteiger partial charge < -0.3 is 15.0 Å². The van der Waals surface area contributed by atoms with E-state index in [4.69, 9.17) is 4.74 Å². The summed E-state index contributed by atoms with van der Waals surface area (Å²) < 4.78 is 34.9. The zero-order valence-corrected chi connectivity index (χ0v) is 24.3. The molecule has 0 radical (unpaired) electrons. The number of anilines is 1. The van der Waals surface area contributed by atoms with E-state index in [9.17, 15) is 18.0 Å². The van der Waals surface area contributed by atoms with Crippen molar-refractivity contribution < 1.29 is 22.7 Å². The molecule has 8 nitrogen and oxygen atoms in total. The molecule has 3 rings (SSSR count). The second-order valence-corrected chi connectivity index (χ2v) is 11.4. The maximum atomic E-state index is 14.0. The summed E-state index contributed by atoms with van der Waals surface area (Å²) in [4.78, 5) is 29.2. The van der Waals surface area contributed by atoms with Gasteiger partial charge in [-0.2, -0.15) is 0 Å². The van der Waals surface area contributed by atoms with E-state index in [1.807, 2.05) is 43.5 Å². The van der Waals surface area contributed by atoms with Gasteiger partial charge in [-0.05, 0) is 61.6 Å². The monoisotopic (exact) mass is 569 g/mol. The normalized spacial score (nSPS) is 11.9. The number of para-hydroxylation sites is 2. The molecule has 0 aliphatic heterocycles. The number of ether oxygens (including phenoxy) is 1. The third kappa shape index (κ3) is 7.33. The number of thioether (sulfide) groups is 1. The van der Waals surface area contributed by atoms with E-state index in [2.05, 4.69) is 5.32 Å². The molecular weight excluding hydrogens is 534 g/mol. The standard InChI is InChI=1S/C29H35N3O5S2/c1-5-25(29(34)30-3)31(20-22-12-8-7-9-13-22)28(33)21-32(26-14-10-11-15-27(26)37-6-2)39(35,36)24-18-16-23(38-4)17-19-24/h7-19,25H,5-6,20-21H2,1-4H3,(H,30,34)/t25-/m0/s1. The van der Waals surface area contributed by atoms with E-state index in [-0.39, 0.29) is 23.0 Å². The zero-order chi connectivity index (χ0) is 28.4. The molecule has 0 aliphatic rings. The molecule has 0 heterocycles. The summed E-state index contributed by atoms with van der Waals surface area (Å²) in [6, 6.07) is 21.8. The van der Waals surface area contributed by atoms with Crippen LogP contribution in [-0.4, -0.2) is 57.6 Å². The molecule has 1 N–H and O–H groups in total. The fourth-order valence-corrected chi connectivity index (χ4v) is 6.03. The van der Waals surface area contributed by atoms with Gasteiger partial charge in [-0.25, -0.2) is 8.42 Å². The van der Waals surface area contributed by atoms with Crippen LogP contribution in [0, 0.1) is 0 Å². The summed E-state index contributed by atoms with van der Waals surface area (Å²) in [7, 11) is -2.67. The van der Waals surface area contributed by atoms with Gasteiger partial charge in [-0.15, -0.1) is 11.8 Å².